The molecule has 2 rings (SSSR count). The summed E-state index contributed by atoms with van der Waals surface area (Å²) < 4.78 is 1.92. The fraction of sp³-hybridized carbons (Fsp3) is 0.500. The van der Waals surface area contributed by atoms with Gasteiger partial charge in [-0.2, -0.15) is 0 Å². The largest absolute Gasteiger partial charge is 0.350 e. The Bertz CT molecular complexity index is 467. The van der Waals surface area contributed by atoms with Crippen LogP contribution < -0.4 is 5.32 Å². The highest BCUT2D eigenvalue weighted by Gasteiger charge is 2.20. The van der Waals surface area contributed by atoms with E-state index in [-0.39, 0.29) is 5.91 Å². The van der Waals surface area contributed by atoms with Gasteiger partial charge in [0, 0.05) is 20.6 Å². The second kappa shape index (κ2) is 7.04. The van der Waals surface area contributed by atoms with Crippen molar-refractivity contribution >= 4 is 44.4 Å². The maximum Gasteiger partial charge on any atom is 0.252 e. The van der Waals surface area contributed by atoms with Crippen LogP contribution in [-0.4, -0.2) is 37.0 Å². The van der Waals surface area contributed by atoms with Crippen LogP contribution in [0.15, 0.2) is 22.7 Å². The number of hydrogen-bond donors (Lipinski definition) is 1. The van der Waals surface area contributed by atoms with Gasteiger partial charge in [-0.3, -0.25) is 4.79 Å². The molecule has 1 fully saturated rings. The first-order chi connectivity index (χ1) is 9.08. The van der Waals surface area contributed by atoms with E-state index in [0.29, 0.717) is 6.04 Å². The summed E-state index contributed by atoms with van der Waals surface area (Å²) in [5.74, 6) is 0.0182. The SMILES string of the molecule is CN1CCCCC1CNC(=O)c1cc(Br)ccc1I. The van der Waals surface area contributed by atoms with Gasteiger partial charge in [0.05, 0.1) is 5.56 Å². The van der Waals surface area contributed by atoms with E-state index < -0.39 is 0 Å². The van der Waals surface area contributed by atoms with Gasteiger partial charge in [0.2, 0.25) is 0 Å². The molecule has 0 bridgehead atoms. The Kier molecular flexibility index (Phi) is 5.65. The third-order valence-electron chi connectivity index (χ3n) is 3.59. The van der Waals surface area contributed by atoms with E-state index in [1.54, 1.807) is 0 Å². The number of carbonyl (C=O) groups excluding carboxylic acids is 1. The van der Waals surface area contributed by atoms with Crippen molar-refractivity contribution in [3.63, 3.8) is 0 Å². The zero-order chi connectivity index (χ0) is 13.8. The Hall–Kier alpha value is -0.140. The molecule has 0 radical (unpaired) electrons. The summed E-state index contributed by atoms with van der Waals surface area (Å²) in [6.07, 6.45) is 3.70. The summed E-state index contributed by atoms with van der Waals surface area (Å²) in [4.78, 5) is 14.6. The number of nitrogens with one attached hydrogen (secondary N) is 1. The molecule has 0 aliphatic carbocycles. The minimum atomic E-state index is 0.0182. The zero-order valence-electron chi connectivity index (χ0n) is 11.0. The molecule has 0 aromatic heterocycles. The standard InChI is InChI=1S/C14H18BrIN2O/c1-18-7-3-2-4-11(18)9-17-14(19)12-8-10(15)5-6-13(12)16/h5-6,8,11H,2-4,7,9H2,1H3,(H,17,19). The minimum absolute atomic E-state index is 0.0182. The van der Waals surface area contributed by atoms with Crippen molar-refractivity contribution in [3.8, 4) is 0 Å². The summed E-state index contributed by atoms with van der Waals surface area (Å²) >= 11 is 5.61. The highest BCUT2D eigenvalue weighted by molar-refractivity contribution is 14.1. The van der Waals surface area contributed by atoms with Crippen molar-refractivity contribution < 1.29 is 4.79 Å². The average molecular weight is 437 g/mol. The molecule has 5 heteroatoms. The van der Waals surface area contributed by atoms with E-state index in [1.165, 1.54) is 19.3 Å². The number of rotatable bonds is 3. The summed E-state index contributed by atoms with van der Waals surface area (Å²) in [5.41, 5.74) is 0.744. The summed E-state index contributed by atoms with van der Waals surface area (Å²) in [6, 6.07) is 6.25. The van der Waals surface area contributed by atoms with Crippen LogP contribution in [0.2, 0.25) is 0 Å². The van der Waals surface area contributed by atoms with E-state index in [4.69, 9.17) is 0 Å². The molecular weight excluding hydrogens is 419 g/mol. The molecule has 1 aliphatic rings. The van der Waals surface area contributed by atoms with E-state index in [9.17, 15) is 4.79 Å². The van der Waals surface area contributed by atoms with Crippen LogP contribution in [-0.2, 0) is 0 Å². The highest BCUT2D eigenvalue weighted by Crippen LogP contribution is 2.19. The van der Waals surface area contributed by atoms with E-state index >= 15 is 0 Å². The number of halogens is 2. The molecule has 19 heavy (non-hydrogen) atoms. The van der Waals surface area contributed by atoms with Gasteiger partial charge in [-0.1, -0.05) is 22.4 Å². The molecule has 1 aromatic carbocycles. The van der Waals surface area contributed by atoms with Crippen LogP contribution in [0, 0.1) is 3.57 Å². The molecular formula is C14H18BrIN2O. The van der Waals surface area contributed by atoms with Gasteiger partial charge >= 0.3 is 0 Å². The molecule has 1 saturated heterocycles. The van der Waals surface area contributed by atoms with Gasteiger partial charge in [-0.05, 0) is 67.2 Å². The Morgan fingerprint density at radius 2 is 2.32 bits per heavy atom. The smallest absolute Gasteiger partial charge is 0.252 e. The first-order valence-electron chi connectivity index (χ1n) is 6.51. The minimum Gasteiger partial charge on any atom is -0.350 e. The number of nitrogens with zero attached hydrogens (tertiary/aromatic N) is 1. The second-order valence-electron chi connectivity index (χ2n) is 4.96. The first-order valence-corrected chi connectivity index (χ1v) is 8.38. The van der Waals surface area contributed by atoms with Crippen molar-refractivity contribution in [2.75, 3.05) is 20.1 Å². The molecule has 0 saturated carbocycles. The third kappa shape index (κ3) is 4.16. The van der Waals surface area contributed by atoms with Crippen LogP contribution in [0.25, 0.3) is 0 Å². The predicted molar refractivity (Wildman–Crippen MR) is 89.5 cm³/mol. The van der Waals surface area contributed by atoms with Crippen LogP contribution in [0.4, 0.5) is 0 Å². The second-order valence-corrected chi connectivity index (χ2v) is 7.04. The van der Waals surface area contributed by atoms with Crippen molar-refractivity contribution in [2.45, 2.75) is 25.3 Å². The first kappa shape index (κ1) is 15.3. The molecule has 104 valence electrons. The lowest BCUT2D eigenvalue weighted by atomic mass is 10.0. The van der Waals surface area contributed by atoms with Gasteiger partial charge in [-0.15, -0.1) is 0 Å². The molecule has 1 amide bonds. The highest BCUT2D eigenvalue weighted by atomic mass is 127. The maximum absolute atomic E-state index is 12.2. The molecule has 1 N–H and O–H groups in total. The Morgan fingerprint density at radius 3 is 3.05 bits per heavy atom. The lowest BCUT2D eigenvalue weighted by Crippen LogP contribution is -2.44. The fourth-order valence-corrected chi connectivity index (χ4v) is 3.32. The van der Waals surface area contributed by atoms with Crippen molar-refractivity contribution in [1.82, 2.24) is 10.2 Å². The number of carbonyl (C=O) groups is 1. The van der Waals surface area contributed by atoms with Crippen LogP contribution in [0.3, 0.4) is 0 Å². The summed E-state index contributed by atoms with van der Waals surface area (Å²) in [7, 11) is 2.14. The van der Waals surface area contributed by atoms with E-state index in [1.807, 2.05) is 18.2 Å². The maximum atomic E-state index is 12.2. The molecule has 1 heterocycles. The molecule has 0 spiro atoms. The third-order valence-corrected chi connectivity index (χ3v) is 5.03. The van der Waals surface area contributed by atoms with Gasteiger partial charge in [0.1, 0.15) is 0 Å². The normalized spacial score (nSPS) is 20.3. The van der Waals surface area contributed by atoms with Crippen molar-refractivity contribution in [1.29, 1.82) is 0 Å². The number of amides is 1. The number of benzene rings is 1. The number of likely N-dealkylation sites (tertiary alicyclic amines) is 1. The number of piperidine rings is 1. The average Bonchev–Trinajstić information content (AvgIpc) is 2.40. The van der Waals surface area contributed by atoms with Crippen molar-refractivity contribution in [2.24, 2.45) is 0 Å². The quantitative estimate of drug-likeness (QED) is 0.737. The lowest BCUT2D eigenvalue weighted by Gasteiger charge is -2.32. The van der Waals surface area contributed by atoms with Crippen LogP contribution in [0.1, 0.15) is 29.6 Å². The van der Waals surface area contributed by atoms with Crippen LogP contribution in [0.5, 0.6) is 0 Å². The molecule has 3 nitrogen and oxygen atoms in total. The predicted octanol–water partition coefficient (Wildman–Crippen LogP) is 3.27. The molecule has 1 atom stereocenters. The summed E-state index contributed by atoms with van der Waals surface area (Å²) in [6.45, 7) is 1.87. The Morgan fingerprint density at radius 1 is 1.53 bits per heavy atom. The number of likely N-dealkylation sites (N-methyl/N-ethyl adjacent to an activating group) is 1. The molecule has 1 unspecified atom stereocenters. The van der Waals surface area contributed by atoms with Gasteiger partial charge in [0.15, 0.2) is 0 Å². The van der Waals surface area contributed by atoms with E-state index in [0.717, 1.165) is 26.7 Å². The fourth-order valence-electron chi connectivity index (χ4n) is 2.38. The molecule has 1 aromatic rings. The monoisotopic (exact) mass is 436 g/mol. The van der Waals surface area contributed by atoms with Gasteiger partial charge in [0.25, 0.3) is 5.91 Å². The Balaban J connectivity index is 1.95. The molecule has 1 aliphatic heterocycles. The van der Waals surface area contributed by atoms with Gasteiger partial charge in [-0.25, -0.2) is 0 Å². The number of hydrogen-bond acceptors (Lipinski definition) is 2. The summed E-state index contributed by atoms with van der Waals surface area (Å²) in [5, 5.41) is 3.06. The van der Waals surface area contributed by atoms with Crippen molar-refractivity contribution in [3.05, 3.63) is 31.8 Å². The zero-order valence-corrected chi connectivity index (χ0v) is 14.7. The van der Waals surface area contributed by atoms with Gasteiger partial charge < -0.3 is 10.2 Å². The topological polar surface area (TPSA) is 32.3 Å². The Labute approximate surface area is 136 Å². The van der Waals surface area contributed by atoms with Crippen LogP contribution >= 0.6 is 38.5 Å². The van der Waals surface area contributed by atoms with E-state index in [2.05, 4.69) is 55.8 Å². The lowest BCUT2D eigenvalue weighted by molar-refractivity contribution is 0.0927.